The van der Waals surface area contributed by atoms with E-state index in [2.05, 4.69) is 25.9 Å². The van der Waals surface area contributed by atoms with E-state index in [0.29, 0.717) is 27.6 Å². The molecule has 0 bridgehead atoms. The van der Waals surface area contributed by atoms with Crippen molar-refractivity contribution in [1.82, 2.24) is 9.97 Å². The number of hydrogen-bond acceptors (Lipinski definition) is 3. The standard InChI is InChI=1S/C11H9BrClN3/c12-9-6-15-10(16-11(9)14)5-7-2-1-3-8(13)4-7/h1-4,6H,5H2,(H2,14,15,16). The molecule has 2 rings (SSSR count). The van der Waals surface area contributed by atoms with Gasteiger partial charge in [0.25, 0.3) is 0 Å². The summed E-state index contributed by atoms with van der Waals surface area (Å²) in [7, 11) is 0. The number of nitrogen functional groups attached to an aromatic ring is 1. The molecule has 0 saturated heterocycles. The molecule has 5 heteroatoms. The first-order chi connectivity index (χ1) is 7.65. The van der Waals surface area contributed by atoms with Crippen molar-refractivity contribution in [3.63, 3.8) is 0 Å². The second-order valence-electron chi connectivity index (χ2n) is 3.33. The normalized spacial score (nSPS) is 10.4. The Morgan fingerprint density at radius 2 is 2.19 bits per heavy atom. The van der Waals surface area contributed by atoms with Gasteiger partial charge in [0.15, 0.2) is 0 Å². The smallest absolute Gasteiger partial charge is 0.141 e. The van der Waals surface area contributed by atoms with Crippen molar-refractivity contribution >= 4 is 33.3 Å². The van der Waals surface area contributed by atoms with Gasteiger partial charge in [0, 0.05) is 17.6 Å². The maximum atomic E-state index is 5.89. The molecule has 82 valence electrons. The molecule has 2 N–H and O–H groups in total. The number of halogens is 2. The van der Waals surface area contributed by atoms with E-state index in [0.717, 1.165) is 5.56 Å². The van der Waals surface area contributed by atoms with Crippen LogP contribution in [0.3, 0.4) is 0 Å². The Hall–Kier alpha value is -1.13. The topological polar surface area (TPSA) is 51.8 Å². The third-order valence-electron chi connectivity index (χ3n) is 2.07. The van der Waals surface area contributed by atoms with Crippen LogP contribution in [0.2, 0.25) is 5.02 Å². The molecule has 16 heavy (non-hydrogen) atoms. The quantitative estimate of drug-likeness (QED) is 0.927. The Morgan fingerprint density at radius 1 is 1.38 bits per heavy atom. The van der Waals surface area contributed by atoms with Crippen molar-refractivity contribution in [2.24, 2.45) is 0 Å². The molecule has 1 aromatic carbocycles. The summed E-state index contributed by atoms with van der Waals surface area (Å²) in [5.41, 5.74) is 6.74. The minimum absolute atomic E-state index is 0.451. The molecule has 0 atom stereocenters. The Labute approximate surface area is 107 Å². The third-order valence-corrected chi connectivity index (χ3v) is 2.92. The van der Waals surface area contributed by atoms with Crippen molar-refractivity contribution in [3.8, 4) is 0 Å². The highest BCUT2D eigenvalue weighted by atomic mass is 79.9. The fourth-order valence-corrected chi connectivity index (χ4v) is 1.74. The van der Waals surface area contributed by atoms with Crippen LogP contribution in [0.25, 0.3) is 0 Å². The van der Waals surface area contributed by atoms with Crippen LogP contribution < -0.4 is 5.73 Å². The molecule has 0 radical (unpaired) electrons. The summed E-state index contributed by atoms with van der Waals surface area (Å²) in [6, 6.07) is 7.61. The van der Waals surface area contributed by atoms with Crippen LogP contribution in [0, 0.1) is 0 Å². The lowest BCUT2D eigenvalue weighted by Crippen LogP contribution is -2.00. The molecule has 1 aromatic heterocycles. The van der Waals surface area contributed by atoms with Crippen molar-refractivity contribution in [3.05, 3.63) is 51.3 Å². The fourth-order valence-electron chi connectivity index (χ4n) is 1.33. The van der Waals surface area contributed by atoms with Gasteiger partial charge in [-0.05, 0) is 33.6 Å². The summed E-state index contributed by atoms with van der Waals surface area (Å²) in [6.07, 6.45) is 2.28. The van der Waals surface area contributed by atoms with Crippen LogP contribution >= 0.6 is 27.5 Å². The van der Waals surface area contributed by atoms with Gasteiger partial charge in [0.1, 0.15) is 11.6 Å². The molecule has 0 aliphatic rings. The molecular weight excluding hydrogens is 289 g/mol. The van der Waals surface area contributed by atoms with E-state index in [1.165, 1.54) is 0 Å². The number of nitrogens with two attached hydrogens (primary N) is 1. The predicted octanol–water partition coefficient (Wildman–Crippen LogP) is 3.07. The summed E-state index contributed by atoms with van der Waals surface area (Å²) in [5.74, 6) is 1.13. The third kappa shape index (κ3) is 2.71. The number of anilines is 1. The predicted molar refractivity (Wildman–Crippen MR) is 68.4 cm³/mol. The van der Waals surface area contributed by atoms with Crippen LogP contribution in [0.1, 0.15) is 11.4 Å². The van der Waals surface area contributed by atoms with E-state index in [9.17, 15) is 0 Å². The maximum Gasteiger partial charge on any atom is 0.141 e. The molecule has 0 unspecified atom stereocenters. The summed E-state index contributed by atoms with van der Waals surface area (Å²) in [6.45, 7) is 0. The van der Waals surface area contributed by atoms with Gasteiger partial charge in [0.05, 0.1) is 4.47 Å². The van der Waals surface area contributed by atoms with Crippen LogP contribution in [-0.4, -0.2) is 9.97 Å². The van der Waals surface area contributed by atoms with Gasteiger partial charge >= 0.3 is 0 Å². The number of aromatic nitrogens is 2. The summed E-state index contributed by atoms with van der Waals surface area (Å²) in [4.78, 5) is 8.36. The van der Waals surface area contributed by atoms with E-state index in [1.807, 2.05) is 24.3 Å². The second kappa shape index (κ2) is 4.80. The average molecular weight is 299 g/mol. The molecule has 0 amide bonds. The first-order valence-electron chi connectivity index (χ1n) is 4.66. The number of hydrogen-bond donors (Lipinski definition) is 1. The zero-order chi connectivity index (χ0) is 11.5. The highest BCUT2D eigenvalue weighted by molar-refractivity contribution is 9.10. The molecule has 1 heterocycles. The van der Waals surface area contributed by atoms with E-state index >= 15 is 0 Å². The largest absolute Gasteiger partial charge is 0.383 e. The lowest BCUT2D eigenvalue weighted by atomic mass is 10.1. The molecule has 3 nitrogen and oxygen atoms in total. The SMILES string of the molecule is Nc1nc(Cc2cccc(Cl)c2)ncc1Br. The van der Waals surface area contributed by atoms with Crippen molar-refractivity contribution in [2.45, 2.75) is 6.42 Å². The fraction of sp³-hybridized carbons (Fsp3) is 0.0909. The van der Waals surface area contributed by atoms with Crippen LogP contribution in [0.4, 0.5) is 5.82 Å². The van der Waals surface area contributed by atoms with E-state index in [-0.39, 0.29) is 0 Å². The van der Waals surface area contributed by atoms with Gasteiger partial charge in [-0.1, -0.05) is 23.7 Å². The summed E-state index contributed by atoms with van der Waals surface area (Å²) >= 11 is 9.15. The molecule has 0 spiro atoms. The van der Waals surface area contributed by atoms with Gasteiger partial charge in [0.2, 0.25) is 0 Å². The highest BCUT2D eigenvalue weighted by Crippen LogP contribution is 2.17. The second-order valence-corrected chi connectivity index (χ2v) is 4.62. The molecular formula is C11H9BrClN3. The minimum atomic E-state index is 0.451. The van der Waals surface area contributed by atoms with Crippen molar-refractivity contribution in [1.29, 1.82) is 0 Å². The van der Waals surface area contributed by atoms with Crippen LogP contribution in [0.5, 0.6) is 0 Å². The zero-order valence-electron chi connectivity index (χ0n) is 8.32. The zero-order valence-corrected chi connectivity index (χ0v) is 10.7. The lowest BCUT2D eigenvalue weighted by molar-refractivity contribution is 0.968. The van der Waals surface area contributed by atoms with Crippen molar-refractivity contribution in [2.75, 3.05) is 5.73 Å². The lowest BCUT2D eigenvalue weighted by Gasteiger charge is -2.03. The van der Waals surface area contributed by atoms with Gasteiger partial charge in [-0.3, -0.25) is 0 Å². The van der Waals surface area contributed by atoms with Gasteiger partial charge in [-0.2, -0.15) is 0 Å². The highest BCUT2D eigenvalue weighted by Gasteiger charge is 2.03. The molecule has 0 fully saturated rings. The summed E-state index contributed by atoms with van der Waals surface area (Å²) < 4.78 is 0.711. The Bertz CT molecular complexity index is 516. The first kappa shape index (κ1) is 11.4. The number of benzene rings is 1. The van der Waals surface area contributed by atoms with Crippen molar-refractivity contribution < 1.29 is 0 Å². The summed E-state index contributed by atoms with van der Waals surface area (Å²) in [5, 5.41) is 0.711. The van der Waals surface area contributed by atoms with Crippen LogP contribution in [-0.2, 0) is 6.42 Å². The van der Waals surface area contributed by atoms with Gasteiger partial charge < -0.3 is 5.73 Å². The molecule has 0 saturated carbocycles. The monoisotopic (exact) mass is 297 g/mol. The number of nitrogens with zero attached hydrogens (tertiary/aromatic N) is 2. The van der Waals surface area contributed by atoms with Gasteiger partial charge in [-0.15, -0.1) is 0 Å². The van der Waals surface area contributed by atoms with E-state index in [1.54, 1.807) is 6.20 Å². The molecule has 2 aromatic rings. The maximum absolute atomic E-state index is 5.89. The average Bonchev–Trinajstić information content (AvgIpc) is 2.24. The molecule has 0 aliphatic heterocycles. The minimum Gasteiger partial charge on any atom is -0.383 e. The Kier molecular flexibility index (Phi) is 3.41. The first-order valence-corrected chi connectivity index (χ1v) is 5.83. The van der Waals surface area contributed by atoms with Gasteiger partial charge in [-0.25, -0.2) is 9.97 Å². The van der Waals surface area contributed by atoms with E-state index in [4.69, 9.17) is 17.3 Å². The Balaban J connectivity index is 2.24. The van der Waals surface area contributed by atoms with Crippen LogP contribution in [0.15, 0.2) is 34.9 Å². The number of rotatable bonds is 2. The van der Waals surface area contributed by atoms with E-state index < -0.39 is 0 Å². The Morgan fingerprint density at radius 3 is 2.88 bits per heavy atom. The molecule has 0 aliphatic carbocycles.